The summed E-state index contributed by atoms with van der Waals surface area (Å²) in [6.07, 6.45) is 1.75. The maximum Gasteiger partial charge on any atom is 0.225 e. The minimum absolute atomic E-state index is 0. The average molecular weight is 331 g/mol. The first kappa shape index (κ1) is 17.6. The molecule has 2 heterocycles. The summed E-state index contributed by atoms with van der Waals surface area (Å²) in [6, 6.07) is 8.21. The van der Waals surface area contributed by atoms with Crippen molar-refractivity contribution < 1.29 is 4.39 Å². The van der Waals surface area contributed by atoms with Gasteiger partial charge in [0.15, 0.2) is 0 Å². The van der Waals surface area contributed by atoms with Crippen LogP contribution in [0.5, 0.6) is 0 Å². The van der Waals surface area contributed by atoms with E-state index in [1.54, 1.807) is 18.3 Å². The molecule has 1 aromatic carbocycles. The van der Waals surface area contributed by atoms with Crippen molar-refractivity contribution in [2.75, 3.05) is 31.1 Å². The molecule has 0 bridgehead atoms. The summed E-state index contributed by atoms with van der Waals surface area (Å²) < 4.78 is 12.9. The monoisotopic (exact) mass is 330 g/mol. The topological polar surface area (TPSA) is 41.1 Å². The number of halogens is 3. The summed E-state index contributed by atoms with van der Waals surface area (Å²) in [6.45, 7) is 3.72. The Morgan fingerprint density at radius 1 is 1.00 bits per heavy atom. The summed E-state index contributed by atoms with van der Waals surface area (Å²) in [7, 11) is 0. The second-order valence-corrected chi connectivity index (χ2v) is 4.49. The van der Waals surface area contributed by atoms with Gasteiger partial charge in [0.25, 0.3) is 0 Å². The van der Waals surface area contributed by atoms with Crippen LogP contribution in [0.2, 0.25) is 0 Å². The second kappa shape index (κ2) is 8.12. The van der Waals surface area contributed by atoms with Crippen LogP contribution in [-0.4, -0.2) is 36.1 Å². The third-order valence-corrected chi connectivity index (χ3v) is 3.18. The minimum Gasteiger partial charge on any atom is -0.338 e. The molecule has 4 nitrogen and oxygen atoms in total. The molecule has 1 fully saturated rings. The number of aromatic nitrogens is 2. The lowest BCUT2D eigenvalue weighted by Crippen LogP contribution is -2.44. The summed E-state index contributed by atoms with van der Waals surface area (Å²) in [4.78, 5) is 11.0. The predicted molar refractivity (Wildman–Crippen MR) is 87.0 cm³/mol. The summed E-state index contributed by atoms with van der Waals surface area (Å²) in [5.41, 5.74) is 1.73. The normalized spacial score (nSPS) is 14.0. The van der Waals surface area contributed by atoms with E-state index >= 15 is 0 Å². The number of anilines is 1. The van der Waals surface area contributed by atoms with Gasteiger partial charge in [0.05, 0.1) is 5.69 Å². The average Bonchev–Trinajstić information content (AvgIpc) is 2.49. The molecule has 0 spiro atoms. The van der Waals surface area contributed by atoms with Crippen molar-refractivity contribution in [2.24, 2.45) is 0 Å². The van der Waals surface area contributed by atoms with E-state index < -0.39 is 0 Å². The second-order valence-electron chi connectivity index (χ2n) is 4.49. The van der Waals surface area contributed by atoms with Crippen molar-refractivity contribution in [3.8, 4) is 11.3 Å². The van der Waals surface area contributed by atoms with Crippen LogP contribution < -0.4 is 10.2 Å². The predicted octanol–water partition coefficient (Wildman–Crippen LogP) is 2.54. The van der Waals surface area contributed by atoms with E-state index in [4.69, 9.17) is 0 Å². The van der Waals surface area contributed by atoms with Gasteiger partial charge in [0.1, 0.15) is 5.82 Å². The van der Waals surface area contributed by atoms with Crippen LogP contribution in [0.3, 0.4) is 0 Å². The number of rotatable bonds is 2. The quantitative estimate of drug-likeness (QED) is 0.918. The van der Waals surface area contributed by atoms with Crippen LogP contribution in [0.25, 0.3) is 11.3 Å². The molecule has 1 aliphatic rings. The molecule has 2 aromatic rings. The Morgan fingerprint density at radius 2 is 1.67 bits per heavy atom. The molecular formula is C14H17Cl2FN4. The molecule has 0 radical (unpaired) electrons. The molecular weight excluding hydrogens is 314 g/mol. The zero-order chi connectivity index (χ0) is 13.1. The van der Waals surface area contributed by atoms with E-state index in [9.17, 15) is 4.39 Å². The van der Waals surface area contributed by atoms with Gasteiger partial charge in [-0.1, -0.05) is 0 Å². The first-order chi connectivity index (χ1) is 9.33. The fourth-order valence-corrected chi connectivity index (χ4v) is 2.15. The van der Waals surface area contributed by atoms with Crippen molar-refractivity contribution in [2.45, 2.75) is 0 Å². The Bertz CT molecular complexity index is 559. The van der Waals surface area contributed by atoms with E-state index in [0.717, 1.165) is 43.4 Å². The first-order valence-corrected chi connectivity index (χ1v) is 6.37. The number of hydrogen-bond acceptors (Lipinski definition) is 4. The van der Waals surface area contributed by atoms with Gasteiger partial charge in [0, 0.05) is 37.9 Å². The van der Waals surface area contributed by atoms with Crippen LogP contribution in [0.4, 0.5) is 10.3 Å². The SMILES string of the molecule is Cl.Cl.Fc1ccc(-c2ccnc(N3CCNCC3)n2)cc1. The fourth-order valence-electron chi connectivity index (χ4n) is 2.15. The zero-order valence-electron chi connectivity index (χ0n) is 11.3. The Morgan fingerprint density at radius 3 is 2.33 bits per heavy atom. The smallest absolute Gasteiger partial charge is 0.225 e. The fraction of sp³-hybridized carbons (Fsp3) is 0.286. The molecule has 1 saturated heterocycles. The van der Waals surface area contributed by atoms with Gasteiger partial charge in [-0.3, -0.25) is 0 Å². The standard InChI is InChI=1S/C14H15FN4.2ClH/c15-12-3-1-11(2-4-12)13-5-6-17-14(18-13)19-9-7-16-8-10-19;;/h1-6,16H,7-10H2;2*1H. The van der Waals surface area contributed by atoms with E-state index in [1.807, 2.05) is 6.07 Å². The molecule has 0 amide bonds. The van der Waals surface area contributed by atoms with Gasteiger partial charge in [-0.25, -0.2) is 14.4 Å². The highest BCUT2D eigenvalue weighted by atomic mass is 35.5. The molecule has 114 valence electrons. The highest BCUT2D eigenvalue weighted by Crippen LogP contribution is 2.19. The Balaban J connectivity index is 0.00000110. The van der Waals surface area contributed by atoms with Crippen LogP contribution >= 0.6 is 24.8 Å². The van der Waals surface area contributed by atoms with Gasteiger partial charge in [0.2, 0.25) is 5.95 Å². The third kappa shape index (κ3) is 4.27. The minimum atomic E-state index is -0.236. The molecule has 0 atom stereocenters. The van der Waals surface area contributed by atoms with Gasteiger partial charge < -0.3 is 10.2 Å². The molecule has 7 heteroatoms. The Labute approximate surface area is 135 Å². The molecule has 0 saturated carbocycles. The number of nitrogens with one attached hydrogen (secondary N) is 1. The summed E-state index contributed by atoms with van der Waals surface area (Å²) in [5.74, 6) is 0.503. The highest BCUT2D eigenvalue weighted by Gasteiger charge is 2.13. The first-order valence-electron chi connectivity index (χ1n) is 6.37. The van der Waals surface area contributed by atoms with E-state index in [1.165, 1.54) is 12.1 Å². The molecule has 1 aliphatic heterocycles. The van der Waals surface area contributed by atoms with Crippen LogP contribution in [-0.2, 0) is 0 Å². The summed E-state index contributed by atoms with van der Waals surface area (Å²) in [5, 5.41) is 3.30. The molecule has 0 unspecified atom stereocenters. The molecule has 1 aromatic heterocycles. The van der Waals surface area contributed by atoms with Crippen molar-refractivity contribution in [1.82, 2.24) is 15.3 Å². The van der Waals surface area contributed by atoms with Gasteiger partial charge in [-0.15, -0.1) is 24.8 Å². The van der Waals surface area contributed by atoms with Crippen molar-refractivity contribution in [3.05, 3.63) is 42.3 Å². The van der Waals surface area contributed by atoms with Gasteiger partial charge >= 0.3 is 0 Å². The maximum atomic E-state index is 12.9. The lowest BCUT2D eigenvalue weighted by atomic mass is 10.1. The molecule has 1 N–H and O–H groups in total. The van der Waals surface area contributed by atoms with Crippen LogP contribution in [0.15, 0.2) is 36.5 Å². The van der Waals surface area contributed by atoms with E-state index in [-0.39, 0.29) is 30.6 Å². The number of piperazine rings is 1. The highest BCUT2D eigenvalue weighted by molar-refractivity contribution is 5.85. The number of hydrogen-bond donors (Lipinski definition) is 1. The van der Waals surface area contributed by atoms with Crippen molar-refractivity contribution in [1.29, 1.82) is 0 Å². The number of benzene rings is 1. The van der Waals surface area contributed by atoms with Crippen LogP contribution in [0, 0.1) is 5.82 Å². The molecule has 3 rings (SSSR count). The van der Waals surface area contributed by atoms with Crippen molar-refractivity contribution >= 4 is 30.8 Å². The lowest BCUT2D eigenvalue weighted by molar-refractivity contribution is 0.580. The van der Waals surface area contributed by atoms with Crippen LogP contribution in [0.1, 0.15) is 0 Å². The van der Waals surface area contributed by atoms with Crippen molar-refractivity contribution in [3.63, 3.8) is 0 Å². The third-order valence-electron chi connectivity index (χ3n) is 3.18. The zero-order valence-corrected chi connectivity index (χ0v) is 13.0. The molecule has 21 heavy (non-hydrogen) atoms. The largest absolute Gasteiger partial charge is 0.338 e. The molecule has 0 aliphatic carbocycles. The summed E-state index contributed by atoms with van der Waals surface area (Å²) >= 11 is 0. The maximum absolute atomic E-state index is 12.9. The van der Waals surface area contributed by atoms with E-state index in [2.05, 4.69) is 20.2 Å². The van der Waals surface area contributed by atoms with Gasteiger partial charge in [-0.2, -0.15) is 0 Å². The van der Waals surface area contributed by atoms with Gasteiger partial charge in [-0.05, 0) is 30.3 Å². The van der Waals surface area contributed by atoms with E-state index in [0.29, 0.717) is 0 Å². The Hall–Kier alpha value is -1.43. The lowest BCUT2D eigenvalue weighted by Gasteiger charge is -2.27. The Kier molecular flexibility index (Phi) is 6.81. The number of nitrogens with zero attached hydrogens (tertiary/aromatic N) is 3.